The number of thiazole rings is 4. The van der Waals surface area contributed by atoms with Gasteiger partial charge in [-0.05, 0) is 91.6 Å². The number of ether oxygens (including phenoxy) is 1. The van der Waals surface area contributed by atoms with Crippen LogP contribution in [-0.4, -0.2) is 113 Å². The van der Waals surface area contributed by atoms with Crippen molar-refractivity contribution in [3.63, 3.8) is 0 Å². The lowest BCUT2D eigenvalue weighted by molar-refractivity contribution is -0.131. The van der Waals surface area contributed by atoms with Gasteiger partial charge in [0.1, 0.15) is 49.2 Å². The summed E-state index contributed by atoms with van der Waals surface area (Å²) in [7, 11) is 1.56. The second kappa shape index (κ2) is 38.3. The molecular weight excluding hydrogens is 1180 g/mol. The molecule has 0 aromatic carbocycles. The Morgan fingerprint density at radius 3 is 1.84 bits per heavy atom. The molecule has 7 heterocycles. The fourth-order valence-electron chi connectivity index (χ4n) is 8.86. The van der Waals surface area contributed by atoms with Crippen LogP contribution in [0, 0.1) is 0 Å². The van der Waals surface area contributed by atoms with Crippen molar-refractivity contribution in [3.05, 3.63) is 65.8 Å². The van der Waals surface area contributed by atoms with E-state index >= 15 is 0 Å². The van der Waals surface area contributed by atoms with Gasteiger partial charge in [0.05, 0.1) is 41.0 Å². The van der Waals surface area contributed by atoms with E-state index in [4.69, 9.17) is 4.74 Å². The number of hydrogen-bond donors (Lipinski definition) is 4. The highest BCUT2D eigenvalue weighted by atomic mass is 32.1. The first kappa shape index (κ1) is 92.0. The lowest BCUT2D eigenvalue weighted by atomic mass is 9.95. The lowest BCUT2D eigenvalue weighted by Crippen LogP contribution is -2.44. The number of ketones is 3. The van der Waals surface area contributed by atoms with E-state index in [0.717, 1.165) is 47.0 Å². The molecule has 2 saturated carbocycles. The van der Waals surface area contributed by atoms with E-state index in [1.54, 1.807) is 45.5 Å². The minimum Gasteiger partial charge on any atom is -0.443 e. The van der Waals surface area contributed by atoms with Gasteiger partial charge in [-0.25, -0.2) is 24.7 Å². The Bertz CT molecular complexity index is 2990. The number of nitrogens with one attached hydrogen (secondary N) is 4. The molecule has 4 aromatic rings. The number of likely N-dealkylation sites (tertiary alicyclic amines) is 1. The molecule has 9 rings (SSSR count). The Morgan fingerprint density at radius 2 is 1.31 bits per heavy atom. The topological polar surface area (TPSA) is 261 Å². The molecule has 1 spiro atoms. The van der Waals surface area contributed by atoms with E-state index in [1.807, 2.05) is 24.6 Å². The zero-order chi connectivity index (χ0) is 53.1. The Morgan fingerprint density at radius 1 is 0.747 bits per heavy atom. The molecule has 87 heavy (non-hydrogen) atoms. The number of aryl methyl sites for hydroxylation is 1. The average Bonchev–Trinajstić information content (AvgIpc) is 1.68. The summed E-state index contributed by atoms with van der Waals surface area (Å²) in [6, 6.07) is 0.117. The molecule has 3 fully saturated rings. The molecule has 496 valence electrons. The highest BCUT2D eigenvalue weighted by Crippen LogP contribution is 2.49. The third-order valence-electron chi connectivity index (χ3n) is 13.1. The SMILES string of the molecule is C.C.C.C.C.C.C.C.C.C.C.C.C.CCC(=O)c1csc(-c2csc(CCC(=O)CC(=O)C3(NC(=O)/C=C4/CC[C@H](C)N4C(=O)OC(C)(C)C)CC3)n2)n1.CNC(=O)c1csc(-c2csc(CNC(=O)CC3=C(C4=N[C@@H](C)CC4)C(=O)NC34CC4)n2)n1. The van der Waals surface area contributed by atoms with E-state index in [-0.39, 0.29) is 169 Å². The second-order valence-corrected chi connectivity index (χ2v) is 23.7. The summed E-state index contributed by atoms with van der Waals surface area (Å²) in [6.45, 7) is 11.4. The Hall–Kier alpha value is -6.17. The van der Waals surface area contributed by atoms with Gasteiger partial charge in [-0.15, -0.1) is 45.3 Å². The Kier molecular flexibility index (Phi) is 40.5. The number of Topliss-reactive ketones (excluding diaryl/α,β-unsaturated/α-hetero) is 3. The molecule has 1 saturated heterocycles. The molecule has 2 atom stereocenters. The Balaban J connectivity index is -0.000000332. The van der Waals surface area contributed by atoms with Crippen LogP contribution in [0.5, 0.6) is 0 Å². The van der Waals surface area contributed by atoms with Crippen LogP contribution in [-0.2, 0) is 41.7 Å². The number of nitrogens with zero attached hydrogens (tertiary/aromatic N) is 6. The van der Waals surface area contributed by atoms with Crippen LogP contribution in [0.1, 0.15) is 246 Å². The van der Waals surface area contributed by atoms with Crippen molar-refractivity contribution in [2.24, 2.45) is 4.99 Å². The van der Waals surface area contributed by atoms with Crippen LogP contribution in [0.4, 0.5) is 4.79 Å². The summed E-state index contributed by atoms with van der Waals surface area (Å²) in [5.74, 6) is -1.44. The van der Waals surface area contributed by atoms with Crippen LogP contribution in [0.15, 0.2) is 49.4 Å². The highest BCUT2D eigenvalue weighted by Gasteiger charge is 2.55. The summed E-state index contributed by atoms with van der Waals surface area (Å²) in [4.78, 5) is 124. The van der Waals surface area contributed by atoms with Crippen molar-refractivity contribution in [1.82, 2.24) is 46.1 Å². The summed E-state index contributed by atoms with van der Waals surface area (Å²) in [6.07, 6.45) is 7.41. The van der Waals surface area contributed by atoms with E-state index in [2.05, 4.69) is 46.2 Å². The van der Waals surface area contributed by atoms with Gasteiger partial charge in [0.25, 0.3) is 11.8 Å². The maximum Gasteiger partial charge on any atom is 0.414 e. The molecule has 4 N–H and O–H groups in total. The summed E-state index contributed by atoms with van der Waals surface area (Å²) >= 11 is 5.55. The molecule has 0 bridgehead atoms. The third kappa shape index (κ3) is 22.4. The summed E-state index contributed by atoms with van der Waals surface area (Å²) < 4.78 is 5.50. The number of carbonyl (C=O) groups is 8. The monoisotopic (exact) mass is 1290 g/mol. The zero-order valence-electron chi connectivity index (χ0n) is 42.4. The molecule has 23 heteroatoms. The van der Waals surface area contributed by atoms with Crippen LogP contribution in [0.25, 0.3) is 21.4 Å². The number of hydrogen-bond acceptors (Lipinski definition) is 18. The quantitative estimate of drug-likeness (QED) is 0.0411. The van der Waals surface area contributed by atoms with Crippen molar-refractivity contribution < 1.29 is 43.1 Å². The number of rotatable bonds is 18. The van der Waals surface area contributed by atoms with Gasteiger partial charge >= 0.3 is 6.09 Å². The smallest absolute Gasteiger partial charge is 0.414 e. The second-order valence-electron chi connectivity index (χ2n) is 20.1. The molecule has 5 amide bonds. The van der Waals surface area contributed by atoms with Gasteiger partial charge in [0.15, 0.2) is 11.6 Å². The number of amides is 5. The highest BCUT2D eigenvalue weighted by molar-refractivity contribution is 7.14. The first-order valence-corrected chi connectivity index (χ1v) is 28.3. The molecule has 0 unspecified atom stereocenters. The lowest BCUT2D eigenvalue weighted by Gasteiger charge is -2.28. The molecular formula is C64H112N10O9S4. The van der Waals surface area contributed by atoms with Crippen LogP contribution in [0.2, 0.25) is 0 Å². The standard InChI is InChI=1S/C29H36N4O6S2.C22H24N6O3S2.13CH4/c1-6-22(35)20-15-41-26(31-20)21-16-40-25(30-21)10-9-19(34)14-23(36)29(11-12-29)32-24(37)13-18-8-7-17(2)33(18)27(38)39-28(3,4)5;1-11-3-4-13(25-11)18-12(22(5-6-22)28-20(18)31)7-16(29)24-8-17-26-15(10-32-17)21-27-14(9-33-21)19(30)23-2;;;;;;;;;;;;;/h13,15-17H,6-12,14H2,1-5H3,(H,32,37);9-11H,3-8H2,1-2H3,(H,23,30)(H,24,29)(H,28,31);13*1H4/b18-13-;;;;;;;;;;;;;;/t17-;11-;;;;;;;;;;;;;/m00............./s1. The van der Waals surface area contributed by atoms with Crippen molar-refractivity contribution >= 4 is 98.1 Å². The van der Waals surface area contributed by atoms with Crippen LogP contribution in [0.3, 0.4) is 0 Å². The van der Waals surface area contributed by atoms with Gasteiger partial charge in [0, 0.05) is 77.4 Å². The van der Waals surface area contributed by atoms with E-state index in [0.29, 0.717) is 89.1 Å². The summed E-state index contributed by atoms with van der Waals surface area (Å²) in [5, 5.41) is 21.3. The van der Waals surface area contributed by atoms with Crippen molar-refractivity contribution in [2.75, 3.05) is 7.05 Å². The van der Waals surface area contributed by atoms with Gasteiger partial charge in [-0.1, -0.05) is 103 Å². The fraction of sp³-hybridized carbons (Fsp3) is 0.609. The summed E-state index contributed by atoms with van der Waals surface area (Å²) in [5.41, 5.74) is 3.04. The van der Waals surface area contributed by atoms with E-state index in [1.165, 1.54) is 56.3 Å². The van der Waals surface area contributed by atoms with Crippen molar-refractivity contribution in [1.29, 1.82) is 0 Å². The zero-order valence-corrected chi connectivity index (χ0v) is 45.7. The molecule has 3 aliphatic heterocycles. The molecule has 5 aliphatic rings. The normalized spacial score (nSPS) is 16.7. The van der Waals surface area contributed by atoms with Crippen LogP contribution >= 0.6 is 45.3 Å². The maximum absolute atomic E-state index is 13.0. The molecule has 4 aromatic heterocycles. The number of allylic oxidation sites excluding steroid dienone is 1. The van der Waals surface area contributed by atoms with E-state index in [9.17, 15) is 38.4 Å². The van der Waals surface area contributed by atoms with Gasteiger partial charge in [0.2, 0.25) is 11.8 Å². The molecule has 19 nitrogen and oxygen atoms in total. The van der Waals surface area contributed by atoms with Crippen molar-refractivity contribution in [3.8, 4) is 21.4 Å². The number of aromatic nitrogens is 4. The first-order chi connectivity index (χ1) is 35.2. The van der Waals surface area contributed by atoms with Gasteiger partial charge < -0.3 is 26.0 Å². The average molecular weight is 1290 g/mol. The maximum atomic E-state index is 13.0. The number of carbonyl (C=O) groups excluding carboxylic acids is 8. The largest absolute Gasteiger partial charge is 0.443 e. The predicted molar refractivity (Wildman–Crippen MR) is 370 cm³/mol. The minimum absolute atomic E-state index is 0. The molecule has 0 radical (unpaired) electrons. The van der Waals surface area contributed by atoms with Crippen molar-refractivity contribution in [2.45, 2.75) is 257 Å². The van der Waals surface area contributed by atoms with Gasteiger partial charge in [-0.2, -0.15) is 0 Å². The van der Waals surface area contributed by atoms with Gasteiger partial charge in [-0.3, -0.25) is 43.5 Å². The Labute approximate surface area is 540 Å². The minimum atomic E-state index is -1.03. The molecule has 2 aliphatic carbocycles. The fourth-order valence-corrected chi connectivity index (χ4v) is 12.1. The predicted octanol–water partition coefficient (Wildman–Crippen LogP) is 15.8. The first-order valence-electron chi connectivity index (χ1n) is 24.7. The van der Waals surface area contributed by atoms with E-state index < -0.39 is 23.1 Å². The van der Waals surface area contributed by atoms with Crippen LogP contribution < -0.4 is 21.3 Å². The number of aliphatic imine (C=N–C) groups is 1. The third-order valence-corrected chi connectivity index (χ3v) is 16.6.